The van der Waals surface area contributed by atoms with Gasteiger partial charge in [-0.25, -0.2) is 13.1 Å². The highest BCUT2D eigenvalue weighted by molar-refractivity contribution is 7.89. The van der Waals surface area contributed by atoms with Crippen LogP contribution in [0.2, 0.25) is 0 Å². The van der Waals surface area contributed by atoms with E-state index in [4.69, 9.17) is 0 Å². The Bertz CT molecular complexity index is 860. The lowest BCUT2D eigenvalue weighted by atomic mass is 10.0. The molecule has 1 N–H and O–H groups in total. The topological polar surface area (TPSA) is 66.5 Å². The van der Waals surface area contributed by atoms with E-state index in [1.807, 2.05) is 23.1 Å². The van der Waals surface area contributed by atoms with Gasteiger partial charge in [0.25, 0.3) is 5.91 Å². The molecule has 3 rings (SSSR count). The van der Waals surface area contributed by atoms with E-state index in [-0.39, 0.29) is 10.8 Å². The molecule has 0 bridgehead atoms. The first kappa shape index (κ1) is 17.6. The number of hydrogen-bond donors (Lipinski definition) is 1. The number of aryl methyl sites for hydroxylation is 1. The summed E-state index contributed by atoms with van der Waals surface area (Å²) >= 11 is 0. The van der Waals surface area contributed by atoms with Crippen molar-refractivity contribution in [1.82, 2.24) is 4.72 Å². The number of nitrogens with zero attached hydrogens (tertiary/aromatic N) is 1. The minimum absolute atomic E-state index is 0.0947. The van der Waals surface area contributed by atoms with Gasteiger partial charge in [0.2, 0.25) is 10.0 Å². The maximum absolute atomic E-state index is 13.0. The number of rotatable bonds is 3. The Balaban J connectivity index is 1.93. The number of benzene rings is 2. The number of nitrogens with one attached hydrogen (secondary N) is 1. The summed E-state index contributed by atoms with van der Waals surface area (Å²) < 4.78 is 25.9. The smallest absolute Gasteiger partial charge is 0.258 e. The van der Waals surface area contributed by atoms with Crippen molar-refractivity contribution < 1.29 is 13.2 Å². The van der Waals surface area contributed by atoms with Crippen LogP contribution in [-0.4, -0.2) is 27.9 Å². The molecule has 25 heavy (non-hydrogen) atoms. The third-order valence-corrected chi connectivity index (χ3v) is 5.97. The summed E-state index contributed by atoms with van der Waals surface area (Å²) in [6, 6.07) is 14.1. The van der Waals surface area contributed by atoms with Gasteiger partial charge in [0.1, 0.15) is 0 Å². The maximum Gasteiger partial charge on any atom is 0.258 e. The largest absolute Gasteiger partial charge is 0.308 e. The van der Waals surface area contributed by atoms with Gasteiger partial charge < -0.3 is 4.90 Å². The molecular formula is C19H22N2O3S. The second-order valence-corrected chi connectivity index (χ2v) is 8.01. The van der Waals surface area contributed by atoms with E-state index in [1.165, 1.54) is 24.7 Å². The SMILES string of the molecule is CNS(=O)(=O)c1ccc(C(=O)N2CCCCCc3ccccc32)cc1. The second-order valence-electron chi connectivity index (χ2n) is 6.13. The highest BCUT2D eigenvalue weighted by Gasteiger charge is 2.22. The molecule has 0 atom stereocenters. The van der Waals surface area contributed by atoms with Crippen molar-refractivity contribution in [1.29, 1.82) is 0 Å². The molecule has 1 amide bonds. The summed E-state index contributed by atoms with van der Waals surface area (Å²) in [6.45, 7) is 0.673. The lowest BCUT2D eigenvalue weighted by Crippen LogP contribution is -2.33. The number of sulfonamides is 1. The zero-order chi connectivity index (χ0) is 17.9. The predicted molar refractivity (Wildman–Crippen MR) is 98.4 cm³/mol. The summed E-state index contributed by atoms with van der Waals surface area (Å²) in [4.78, 5) is 15.0. The van der Waals surface area contributed by atoms with Gasteiger partial charge >= 0.3 is 0 Å². The van der Waals surface area contributed by atoms with Crippen LogP contribution in [0, 0.1) is 0 Å². The first-order chi connectivity index (χ1) is 12.0. The second kappa shape index (κ2) is 7.37. The molecule has 5 nitrogen and oxygen atoms in total. The summed E-state index contributed by atoms with van der Waals surface area (Å²) in [5, 5.41) is 0. The first-order valence-corrected chi connectivity index (χ1v) is 9.94. The number of carbonyl (C=O) groups is 1. The fourth-order valence-electron chi connectivity index (χ4n) is 3.13. The first-order valence-electron chi connectivity index (χ1n) is 8.46. The van der Waals surface area contributed by atoms with Crippen molar-refractivity contribution in [2.45, 2.75) is 30.6 Å². The van der Waals surface area contributed by atoms with E-state index in [0.717, 1.165) is 31.4 Å². The van der Waals surface area contributed by atoms with Gasteiger partial charge in [0.15, 0.2) is 0 Å². The monoisotopic (exact) mass is 358 g/mol. The van der Waals surface area contributed by atoms with E-state index in [2.05, 4.69) is 10.8 Å². The van der Waals surface area contributed by atoms with Crippen LogP contribution in [0.1, 0.15) is 35.2 Å². The Labute approximate surface area is 148 Å². The summed E-state index contributed by atoms with van der Waals surface area (Å²) in [5.41, 5.74) is 2.63. The molecular weight excluding hydrogens is 336 g/mol. The van der Waals surface area contributed by atoms with Gasteiger partial charge in [0, 0.05) is 17.8 Å². The molecule has 1 aliphatic rings. The van der Waals surface area contributed by atoms with Gasteiger partial charge in [-0.05, 0) is 62.2 Å². The molecule has 2 aromatic carbocycles. The molecule has 0 saturated carbocycles. The standard InChI is InChI=1S/C19H22N2O3S/c1-20-25(23,24)17-12-10-16(11-13-17)19(22)21-14-6-2-3-7-15-8-4-5-9-18(15)21/h4-5,8-13,20H,2-3,6-7,14H2,1H3. The minimum atomic E-state index is -3.50. The Kier molecular flexibility index (Phi) is 5.20. The Morgan fingerprint density at radius 1 is 1.00 bits per heavy atom. The van der Waals surface area contributed by atoms with Crippen molar-refractivity contribution in [3.05, 3.63) is 59.7 Å². The quantitative estimate of drug-likeness (QED) is 0.917. The molecule has 0 fully saturated rings. The number of anilines is 1. The highest BCUT2D eigenvalue weighted by atomic mass is 32.2. The van der Waals surface area contributed by atoms with Crippen LogP contribution >= 0.6 is 0 Å². The maximum atomic E-state index is 13.0. The van der Waals surface area contributed by atoms with Crippen LogP contribution in [0.3, 0.4) is 0 Å². The summed E-state index contributed by atoms with van der Waals surface area (Å²) in [5.74, 6) is -0.0947. The van der Waals surface area contributed by atoms with E-state index in [9.17, 15) is 13.2 Å². The van der Waals surface area contributed by atoms with Crippen molar-refractivity contribution in [2.24, 2.45) is 0 Å². The van der Waals surface area contributed by atoms with Crippen LogP contribution in [0.4, 0.5) is 5.69 Å². The van der Waals surface area contributed by atoms with Gasteiger partial charge in [-0.15, -0.1) is 0 Å². The Morgan fingerprint density at radius 3 is 2.44 bits per heavy atom. The van der Waals surface area contributed by atoms with E-state index in [1.54, 1.807) is 12.1 Å². The molecule has 0 saturated heterocycles. The van der Waals surface area contributed by atoms with Gasteiger partial charge in [-0.2, -0.15) is 0 Å². The highest BCUT2D eigenvalue weighted by Crippen LogP contribution is 2.27. The molecule has 0 aliphatic carbocycles. The number of amides is 1. The Morgan fingerprint density at radius 2 is 1.72 bits per heavy atom. The van der Waals surface area contributed by atoms with Crippen molar-refractivity contribution in [2.75, 3.05) is 18.5 Å². The fraction of sp³-hybridized carbons (Fsp3) is 0.316. The lowest BCUT2D eigenvalue weighted by molar-refractivity contribution is 0.0985. The molecule has 2 aromatic rings. The molecule has 1 aliphatic heterocycles. The number of fused-ring (bicyclic) bond motifs is 1. The number of hydrogen-bond acceptors (Lipinski definition) is 3. The van der Waals surface area contributed by atoms with Crippen LogP contribution in [0.25, 0.3) is 0 Å². The van der Waals surface area contributed by atoms with E-state index >= 15 is 0 Å². The molecule has 6 heteroatoms. The van der Waals surface area contributed by atoms with Crippen molar-refractivity contribution >= 4 is 21.6 Å². The Hall–Kier alpha value is -2.18. The van der Waals surface area contributed by atoms with E-state index < -0.39 is 10.0 Å². The van der Waals surface area contributed by atoms with Crippen molar-refractivity contribution in [3.63, 3.8) is 0 Å². The van der Waals surface area contributed by atoms with Gasteiger partial charge in [-0.3, -0.25) is 4.79 Å². The van der Waals surface area contributed by atoms with Gasteiger partial charge in [-0.1, -0.05) is 24.6 Å². The number of carbonyl (C=O) groups excluding carboxylic acids is 1. The molecule has 132 valence electrons. The van der Waals surface area contributed by atoms with Crippen LogP contribution < -0.4 is 9.62 Å². The predicted octanol–water partition coefficient (Wildman–Crippen LogP) is 2.97. The third kappa shape index (κ3) is 3.75. The third-order valence-electron chi connectivity index (χ3n) is 4.54. The zero-order valence-electron chi connectivity index (χ0n) is 14.2. The lowest BCUT2D eigenvalue weighted by Gasteiger charge is -2.27. The average molecular weight is 358 g/mol. The average Bonchev–Trinajstić information content (AvgIpc) is 2.62. The zero-order valence-corrected chi connectivity index (χ0v) is 15.1. The molecule has 0 spiro atoms. The van der Waals surface area contributed by atoms with Crippen molar-refractivity contribution in [3.8, 4) is 0 Å². The van der Waals surface area contributed by atoms with Crippen LogP contribution in [0.5, 0.6) is 0 Å². The van der Waals surface area contributed by atoms with Crippen LogP contribution in [0.15, 0.2) is 53.4 Å². The molecule has 0 radical (unpaired) electrons. The molecule has 1 heterocycles. The fourth-order valence-corrected chi connectivity index (χ4v) is 3.86. The summed E-state index contributed by atoms with van der Waals surface area (Å²) in [7, 11) is -2.13. The molecule has 0 unspecified atom stereocenters. The van der Waals surface area contributed by atoms with Crippen LogP contribution in [-0.2, 0) is 16.4 Å². The van der Waals surface area contributed by atoms with E-state index in [0.29, 0.717) is 12.1 Å². The van der Waals surface area contributed by atoms with Gasteiger partial charge in [0.05, 0.1) is 4.90 Å². The normalized spacial score (nSPS) is 15.2. The number of para-hydroxylation sites is 1. The molecule has 0 aromatic heterocycles. The minimum Gasteiger partial charge on any atom is -0.308 e. The summed E-state index contributed by atoms with van der Waals surface area (Å²) in [6.07, 6.45) is 4.17.